The van der Waals surface area contributed by atoms with Crippen LogP contribution in [0.5, 0.6) is 0 Å². The quantitative estimate of drug-likeness (QED) is 0.115. The second-order valence-electron chi connectivity index (χ2n) is 25.4. The van der Waals surface area contributed by atoms with E-state index in [1.807, 2.05) is 0 Å². The lowest BCUT2D eigenvalue weighted by molar-refractivity contribution is -0.661. The van der Waals surface area contributed by atoms with Crippen molar-refractivity contribution in [3.8, 4) is 56.3 Å². The van der Waals surface area contributed by atoms with E-state index in [0.29, 0.717) is 17.3 Å². The molecule has 5 aromatic heterocycles. The predicted octanol–water partition coefficient (Wildman–Crippen LogP) is 17.5. The Morgan fingerprint density at radius 3 is 1.00 bits per heavy atom. The second-order valence-corrected chi connectivity index (χ2v) is 25.4. The average molecular weight is 1150 g/mol. The third-order valence-corrected chi connectivity index (χ3v) is 15.9. The molecule has 0 radical (unpaired) electrons. The molecule has 5 aromatic carbocycles. The van der Waals surface area contributed by atoms with Gasteiger partial charge in [-0.15, -0.1) is 0 Å². The van der Waals surface area contributed by atoms with Gasteiger partial charge in [-0.1, -0.05) is 153 Å². The van der Waals surface area contributed by atoms with Gasteiger partial charge in [0, 0.05) is 86.5 Å². The summed E-state index contributed by atoms with van der Waals surface area (Å²) in [5.41, 5.74) is 26.8. The van der Waals surface area contributed by atoms with Gasteiger partial charge < -0.3 is 0 Å². The number of hydrogen-bond acceptors (Lipinski definition) is 0. The molecule has 5 heteroatoms. The van der Waals surface area contributed by atoms with Crippen LogP contribution in [0.2, 0.25) is 0 Å². The molecule has 0 amide bonds. The molecule has 446 valence electrons. The summed E-state index contributed by atoms with van der Waals surface area (Å²) in [7, 11) is 10.6. The first-order valence-corrected chi connectivity index (χ1v) is 31.2. The minimum atomic E-state index is 0.331. The first kappa shape index (κ1) is 67.0. The van der Waals surface area contributed by atoms with Crippen LogP contribution in [0, 0.1) is 46.0 Å². The SMILES string of the molecule is CCc1cc[n+](C)c(-c2ccccc2C)c1.CCc1ccc(-c2ccccc2C)[n+](C)c1.Cc1ccccc1-c1ccc(C(C)C)c[n+]1C.Cc1ccccc1-c1ccc(CC(C)(C)C)c[n+]1C.Cc1ccccc1-c1ccc(CC(C)C)c[n+]1C. The standard InChI is InChI=1S/C18H24N.C17H22N.C16H20N.2C15H18N/c1-14-8-6-7-9-16(14)17-11-10-15(13-19(17)5)12-18(2,3)4;1-13(2)11-15-9-10-17(18(4)12-15)16-8-6-5-7-14(16)3;1-12(2)14-9-10-16(17(4)11-14)15-8-6-5-7-13(15)3;1-4-13-9-10-16(3)15(11-13)14-8-6-5-7-12(14)2;1-4-13-9-10-15(16(3)11-13)14-8-6-5-7-12(14)2/h6-11,13H,12H2,1-5H3;5-10,12-13H,11H2,1-4H3;5-12H,1-4H3;2*5-11H,4H2,1-3H3/q5*+1. The summed E-state index contributed by atoms with van der Waals surface area (Å²) in [5.74, 6) is 1.28. The van der Waals surface area contributed by atoms with Gasteiger partial charge in [-0.25, -0.2) is 22.8 Å². The molecule has 0 spiro atoms. The maximum atomic E-state index is 2.28. The van der Waals surface area contributed by atoms with Crippen molar-refractivity contribution in [1.29, 1.82) is 0 Å². The van der Waals surface area contributed by atoms with Crippen molar-refractivity contribution in [2.75, 3.05) is 0 Å². The normalized spacial score (nSPS) is 10.9. The number of aryl methyl sites for hydroxylation is 12. The Morgan fingerprint density at radius 2 is 0.663 bits per heavy atom. The molecule has 10 rings (SSSR count). The van der Waals surface area contributed by atoms with Crippen LogP contribution in [0.25, 0.3) is 56.3 Å². The Bertz CT molecular complexity index is 3800. The third kappa shape index (κ3) is 19.2. The van der Waals surface area contributed by atoms with E-state index in [2.05, 4.69) is 368 Å². The number of hydrogen-bond donors (Lipinski definition) is 0. The van der Waals surface area contributed by atoms with Crippen LogP contribution in [-0.4, -0.2) is 0 Å². The molecule has 0 aliphatic carbocycles. The molecule has 5 nitrogen and oxygen atoms in total. The maximum Gasteiger partial charge on any atom is 0.212 e. The lowest BCUT2D eigenvalue weighted by Gasteiger charge is -2.17. The van der Waals surface area contributed by atoms with Gasteiger partial charge in [-0.2, -0.15) is 0 Å². The van der Waals surface area contributed by atoms with Crippen LogP contribution in [-0.2, 0) is 60.9 Å². The van der Waals surface area contributed by atoms with Gasteiger partial charge in [0.2, 0.25) is 28.5 Å². The molecular formula is C81H102N5+5. The molecule has 5 heterocycles. The molecule has 0 saturated carbocycles. The Morgan fingerprint density at radius 1 is 0.337 bits per heavy atom. The fraction of sp³-hybridized carbons (Fsp3) is 0.321. The van der Waals surface area contributed by atoms with E-state index < -0.39 is 0 Å². The van der Waals surface area contributed by atoms with Gasteiger partial charge in [-0.3, -0.25) is 0 Å². The van der Waals surface area contributed by atoms with Crippen LogP contribution in [0.15, 0.2) is 213 Å². The van der Waals surface area contributed by atoms with Crippen LogP contribution in [0.4, 0.5) is 0 Å². The van der Waals surface area contributed by atoms with Crippen LogP contribution in [0.1, 0.15) is 124 Å². The molecule has 0 bridgehead atoms. The maximum absolute atomic E-state index is 2.28. The Hall–Kier alpha value is -8.15. The summed E-state index contributed by atoms with van der Waals surface area (Å²) in [6, 6.07) is 65.0. The molecule has 0 aliphatic heterocycles. The summed E-state index contributed by atoms with van der Waals surface area (Å²) in [4.78, 5) is 0. The van der Waals surface area contributed by atoms with Gasteiger partial charge in [0.1, 0.15) is 35.2 Å². The Kier molecular flexibility index (Phi) is 24.8. The lowest BCUT2D eigenvalue weighted by atomic mass is 9.88. The summed E-state index contributed by atoms with van der Waals surface area (Å²) in [6.45, 7) is 31.0. The highest BCUT2D eigenvalue weighted by Crippen LogP contribution is 2.26. The molecule has 0 unspecified atom stereocenters. The number of pyridine rings is 5. The summed E-state index contributed by atoms with van der Waals surface area (Å²) >= 11 is 0. The van der Waals surface area contributed by atoms with E-state index in [4.69, 9.17) is 0 Å². The van der Waals surface area contributed by atoms with Gasteiger partial charge in [-0.05, 0) is 166 Å². The van der Waals surface area contributed by atoms with E-state index >= 15 is 0 Å². The molecule has 0 fully saturated rings. The monoisotopic (exact) mass is 1140 g/mol. The summed E-state index contributed by atoms with van der Waals surface area (Å²) in [6.07, 6.45) is 15.5. The summed E-state index contributed by atoms with van der Waals surface area (Å²) in [5, 5.41) is 0. The molecule has 10 aromatic rings. The highest BCUT2D eigenvalue weighted by molar-refractivity contribution is 5.64. The van der Waals surface area contributed by atoms with Crippen molar-refractivity contribution in [3.63, 3.8) is 0 Å². The summed E-state index contributed by atoms with van der Waals surface area (Å²) < 4.78 is 11.1. The zero-order valence-electron chi connectivity index (χ0n) is 55.9. The number of benzene rings is 5. The number of aromatic nitrogens is 5. The topological polar surface area (TPSA) is 19.4 Å². The molecule has 0 atom stereocenters. The minimum absolute atomic E-state index is 0.331. The Labute approximate surface area is 520 Å². The first-order valence-electron chi connectivity index (χ1n) is 31.2. The van der Waals surface area contributed by atoms with E-state index in [0.717, 1.165) is 25.7 Å². The van der Waals surface area contributed by atoms with Crippen molar-refractivity contribution in [1.82, 2.24) is 0 Å². The number of nitrogens with zero attached hydrogens (tertiary/aromatic N) is 5. The van der Waals surface area contributed by atoms with Gasteiger partial charge in [0.25, 0.3) is 0 Å². The van der Waals surface area contributed by atoms with Crippen LogP contribution in [0.3, 0.4) is 0 Å². The van der Waals surface area contributed by atoms with Crippen LogP contribution >= 0.6 is 0 Å². The van der Waals surface area contributed by atoms with E-state index in [-0.39, 0.29) is 0 Å². The molecule has 0 saturated heterocycles. The average Bonchev–Trinajstić information content (AvgIpc) is 2.40. The van der Waals surface area contributed by atoms with Crippen molar-refractivity contribution < 1.29 is 22.8 Å². The highest BCUT2D eigenvalue weighted by atomic mass is 14.9. The Balaban J connectivity index is 0.000000172. The second kappa shape index (κ2) is 31.8. The molecule has 0 N–H and O–H groups in total. The van der Waals surface area contributed by atoms with Crippen molar-refractivity contribution >= 4 is 0 Å². The zero-order valence-corrected chi connectivity index (χ0v) is 55.9. The predicted molar refractivity (Wildman–Crippen MR) is 364 cm³/mol. The van der Waals surface area contributed by atoms with Gasteiger partial charge >= 0.3 is 0 Å². The van der Waals surface area contributed by atoms with E-state index in [9.17, 15) is 0 Å². The van der Waals surface area contributed by atoms with Crippen molar-refractivity contribution in [2.45, 2.75) is 129 Å². The molecular weight excluding hydrogens is 1040 g/mol. The van der Waals surface area contributed by atoms with E-state index in [1.54, 1.807) is 0 Å². The van der Waals surface area contributed by atoms with Gasteiger partial charge in [0.15, 0.2) is 31.0 Å². The smallest absolute Gasteiger partial charge is 0.201 e. The highest BCUT2D eigenvalue weighted by Gasteiger charge is 2.19. The fourth-order valence-electron chi connectivity index (χ4n) is 11.0. The molecule has 0 aliphatic rings. The number of rotatable bonds is 11. The van der Waals surface area contributed by atoms with Crippen molar-refractivity contribution in [2.24, 2.45) is 46.6 Å². The zero-order chi connectivity index (χ0) is 62.7. The first-order chi connectivity index (χ1) is 41.0. The fourth-order valence-corrected chi connectivity index (χ4v) is 11.0. The van der Waals surface area contributed by atoms with Crippen molar-refractivity contribution in [3.05, 3.63) is 269 Å². The van der Waals surface area contributed by atoms with Gasteiger partial charge in [0.05, 0.1) is 0 Å². The molecule has 86 heavy (non-hydrogen) atoms. The third-order valence-electron chi connectivity index (χ3n) is 15.9. The lowest BCUT2D eigenvalue weighted by Crippen LogP contribution is -2.32. The minimum Gasteiger partial charge on any atom is -0.201 e. The largest absolute Gasteiger partial charge is 0.212 e. The van der Waals surface area contributed by atoms with E-state index in [1.165, 1.54) is 112 Å². The van der Waals surface area contributed by atoms with Crippen LogP contribution < -0.4 is 22.8 Å².